The first-order valence-corrected chi connectivity index (χ1v) is 8.10. The van der Waals surface area contributed by atoms with Crippen LogP contribution in [-0.4, -0.2) is 37.9 Å². The molecule has 25 heavy (non-hydrogen) atoms. The van der Waals surface area contributed by atoms with Crippen LogP contribution in [-0.2, 0) is 4.74 Å². The van der Waals surface area contributed by atoms with Gasteiger partial charge in [-0.1, -0.05) is 18.2 Å². The van der Waals surface area contributed by atoms with E-state index in [1.807, 2.05) is 6.07 Å². The summed E-state index contributed by atoms with van der Waals surface area (Å²) < 4.78 is 16.3. The molecule has 1 aliphatic heterocycles. The van der Waals surface area contributed by atoms with Crippen LogP contribution in [0.4, 0.5) is 0 Å². The molecule has 1 heterocycles. The Morgan fingerprint density at radius 1 is 1.32 bits per heavy atom. The molecule has 0 aliphatic carbocycles. The van der Waals surface area contributed by atoms with Crippen molar-refractivity contribution >= 4 is 5.97 Å². The number of nitrogens with one attached hydrogen (secondary N) is 1. The fourth-order valence-electron chi connectivity index (χ4n) is 3.01. The highest BCUT2D eigenvalue weighted by molar-refractivity contribution is 5.96. The maximum absolute atomic E-state index is 12.5. The summed E-state index contributed by atoms with van der Waals surface area (Å²) in [6.07, 6.45) is 0. The molecule has 0 aromatic heterocycles. The molecule has 1 fully saturated rings. The number of carbonyl (C=O) groups excluding carboxylic acids is 1. The molecular formula is C19H21NO5. The van der Waals surface area contributed by atoms with Crippen LogP contribution in [0.3, 0.4) is 0 Å². The molecule has 0 bridgehead atoms. The van der Waals surface area contributed by atoms with E-state index in [9.17, 15) is 9.90 Å². The molecule has 0 amide bonds. The fraction of sp³-hybridized carbons (Fsp3) is 0.316. The summed E-state index contributed by atoms with van der Waals surface area (Å²) in [5.74, 6) is 0.193. The summed E-state index contributed by atoms with van der Waals surface area (Å²) >= 11 is 0. The minimum Gasteiger partial charge on any atom is -0.507 e. The third-order valence-corrected chi connectivity index (χ3v) is 4.19. The molecule has 0 saturated carbocycles. The van der Waals surface area contributed by atoms with Crippen molar-refractivity contribution < 1.29 is 24.1 Å². The maximum atomic E-state index is 12.5. The van der Waals surface area contributed by atoms with Crippen LogP contribution >= 0.6 is 0 Å². The van der Waals surface area contributed by atoms with Gasteiger partial charge in [0.2, 0.25) is 0 Å². The Morgan fingerprint density at radius 2 is 2.08 bits per heavy atom. The van der Waals surface area contributed by atoms with Gasteiger partial charge in [-0.25, -0.2) is 4.79 Å². The predicted octanol–water partition coefficient (Wildman–Crippen LogP) is 2.59. The zero-order chi connectivity index (χ0) is 17.8. The van der Waals surface area contributed by atoms with Crippen LogP contribution in [0.5, 0.6) is 17.2 Å². The van der Waals surface area contributed by atoms with Gasteiger partial charge in [-0.2, -0.15) is 0 Å². The molecule has 3 rings (SSSR count). The van der Waals surface area contributed by atoms with E-state index in [2.05, 4.69) is 5.32 Å². The molecule has 132 valence electrons. The number of phenols is 1. The van der Waals surface area contributed by atoms with E-state index in [0.29, 0.717) is 36.8 Å². The Kier molecular flexibility index (Phi) is 5.21. The second-order valence-corrected chi connectivity index (χ2v) is 5.80. The number of rotatable bonds is 4. The lowest BCUT2D eigenvalue weighted by Crippen LogP contribution is -2.35. The van der Waals surface area contributed by atoms with Crippen LogP contribution in [0, 0.1) is 6.92 Å². The highest BCUT2D eigenvalue weighted by Crippen LogP contribution is 2.37. The van der Waals surface area contributed by atoms with Gasteiger partial charge in [-0.15, -0.1) is 0 Å². The zero-order valence-electron chi connectivity index (χ0n) is 14.2. The van der Waals surface area contributed by atoms with Crippen molar-refractivity contribution in [1.82, 2.24) is 5.32 Å². The van der Waals surface area contributed by atoms with E-state index in [0.717, 1.165) is 5.56 Å². The molecule has 2 aromatic rings. The Labute approximate surface area is 146 Å². The molecule has 6 nitrogen and oxygen atoms in total. The summed E-state index contributed by atoms with van der Waals surface area (Å²) in [5, 5.41) is 13.8. The van der Waals surface area contributed by atoms with Gasteiger partial charge in [-0.05, 0) is 25.1 Å². The van der Waals surface area contributed by atoms with E-state index in [-0.39, 0.29) is 17.4 Å². The van der Waals surface area contributed by atoms with Crippen molar-refractivity contribution in [1.29, 1.82) is 0 Å². The van der Waals surface area contributed by atoms with Gasteiger partial charge in [0.05, 0.1) is 26.4 Å². The zero-order valence-corrected chi connectivity index (χ0v) is 14.2. The van der Waals surface area contributed by atoms with E-state index >= 15 is 0 Å². The monoisotopic (exact) mass is 343 g/mol. The Morgan fingerprint density at radius 3 is 2.72 bits per heavy atom. The van der Waals surface area contributed by atoms with Crippen LogP contribution < -0.4 is 14.8 Å². The maximum Gasteiger partial charge on any atom is 0.347 e. The average molecular weight is 343 g/mol. The highest BCUT2D eigenvalue weighted by atomic mass is 16.5. The molecule has 2 aromatic carbocycles. The van der Waals surface area contributed by atoms with Gasteiger partial charge in [-0.3, -0.25) is 0 Å². The molecule has 2 N–H and O–H groups in total. The lowest BCUT2D eigenvalue weighted by molar-refractivity contribution is 0.0728. The number of carbonyl (C=O) groups is 1. The van der Waals surface area contributed by atoms with Gasteiger partial charge in [0.1, 0.15) is 22.8 Å². The van der Waals surface area contributed by atoms with E-state index in [1.165, 1.54) is 0 Å². The van der Waals surface area contributed by atoms with Crippen molar-refractivity contribution in [3.8, 4) is 17.2 Å². The standard InChI is InChI=1S/C19H21NO5/c1-12-17(19(22)25-13-6-4-3-5-7-13)16(21)10-14(18(12)23-2)15-11-24-9-8-20-15/h3-7,10,15,20-21H,8-9,11H2,1-2H3. The summed E-state index contributed by atoms with van der Waals surface area (Å²) in [4.78, 5) is 12.5. The summed E-state index contributed by atoms with van der Waals surface area (Å²) in [6.45, 7) is 3.56. The van der Waals surface area contributed by atoms with Gasteiger partial charge in [0.15, 0.2) is 0 Å². The van der Waals surface area contributed by atoms with Gasteiger partial charge in [0.25, 0.3) is 0 Å². The van der Waals surface area contributed by atoms with Crippen LogP contribution in [0.1, 0.15) is 27.5 Å². The molecule has 1 aliphatic rings. The third kappa shape index (κ3) is 3.60. The van der Waals surface area contributed by atoms with Crippen LogP contribution in [0.25, 0.3) is 0 Å². The number of aromatic hydroxyl groups is 1. The van der Waals surface area contributed by atoms with Gasteiger partial charge in [0, 0.05) is 17.7 Å². The third-order valence-electron chi connectivity index (χ3n) is 4.19. The lowest BCUT2D eigenvalue weighted by Gasteiger charge is -2.27. The predicted molar refractivity (Wildman–Crippen MR) is 92.4 cm³/mol. The second-order valence-electron chi connectivity index (χ2n) is 5.80. The molecule has 1 unspecified atom stereocenters. The van der Waals surface area contributed by atoms with Gasteiger partial charge < -0.3 is 24.6 Å². The van der Waals surface area contributed by atoms with Crippen molar-refractivity contribution in [2.75, 3.05) is 26.9 Å². The van der Waals surface area contributed by atoms with E-state index < -0.39 is 5.97 Å². The van der Waals surface area contributed by atoms with Crippen molar-refractivity contribution in [3.05, 3.63) is 53.1 Å². The number of methoxy groups -OCH3 is 1. The quantitative estimate of drug-likeness (QED) is 0.656. The number of benzene rings is 2. The number of morpholine rings is 1. The molecule has 0 spiro atoms. The number of ether oxygens (including phenoxy) is 3. The van der Waals surface area contributed by atoms with E-state index in [4.69, 9.17) is 14.2 Å². The second kappa shape index (κ2) is 7.55. The van der Waals surface area contributed by atoms with Crippen molar-refractivity contribution in [2.24, 2.45) is 0 Å². The first-order valence-electron chi connectivity index (χ1n) is 8.10. The average Bonchev–Trinajstić information content (AvgIpc) is 2.63. The summed E-state index contributed by atoms with van der Waals surface area (Å²) in [7, 11) is 1.54. The number of phenolic OH excluding ortho intramolecular Hbond substituents is 1. The SMILES string of the molecule is COc1c(C2COCCN2)cc(O)c(C(=O)Oc2ccccc2)c1C. The topological polar surface area (TPSA) is 77.0 Å². The Balaban J connectivity index is 1.96. The van der Waals surface area contributed by atoms with Crippen LogP contribution in [0.2, 0.25) is 0 Å². The first-order chi connectivity index (χ1) is 12.1. The molecular weight excluding hydrogens is 322 g/mol. The highest BCUT2D eigenvalue weighted by Gasteiger charge is 2.27. The largest absolute Gasteiger partial charge is 0.507 e. The summed E-state index contributed by atoms with van der Waals surface area (Å²) in [5.41, 5.74) is 1.39. The minimum atomic E-state index is -0.626. The number of hydrogen-bond acceptors (Lipinski definition) is 6. The van der Waals surface area contributed by atoms with Crippen molar-refractivity contribution in [3.63, 3.8) is 0 Å². The molecule has 1 saturated heterocycles. The number of esters is 1. The Bertz CT molecular complexity index is 754. The fourth-order valence-corrected chi connectivity index (χ4v) is 3.01. The minimum absolute atomic E-state index is 0.0983. The van der Waals surface area contributed by atoms with Crippen molar-refractivity contribution in [2.45, 2.75) is 13.0 Å². The van der Waals surface area contributed by atoms with Gasteiger partial charge >= 0.3 is 5.97 Å². The molecule has 1 atom stereocenters. The molecule has 0 radical (unpaired) electrons. The molecule has 6 heteroatoms. The number of hydrogen-bond donors (Lipinski definition) is 2. The van der Waals surface area contributed by atoms with E-state index in [1.54, 1.807) is 44.4 Å². The Hall–Kier alpha value is -2.57. The smallest absolute Gasteiger partial charge is 0.347 e. The normalized spacial score (nSPS) is 17.1. The lowest BCUT2D eigenvalue weighted by atomic mass is 9.97. The number of para-hydroxylation sites is 1. The first kappa shape index (κ1) is 17.3. The summed E-state index contributed by atoms with van der Waals surface area (Å²) in [6, 6.07) is 10.2. The van der Waals surface area contributed by atoms with Crippen LogP contribution in [0.15, 0.2) is 36.4 Å².